The van der Waals surface area contributed by atoms with Gasteiger partial charge in [-0.15, -0.1) is 0 Å². The molecule has 0 atom stereocenters. The molecule has 120 valence electrons. The van der Waals surface area contributed by atoms with Gasteiger partial charge >= 0.3 is 6.03 Å². The standard InChI is InChI=1S/C18H27N3O/c22-18(20-17-6-10-19-11-7-17)21-12-8-16(9-13-21)14-15-4-2-1-3-5-15/h1-5,16-17,19H,6-14H2,(H,20,22). The van der Waals surface area contributed by atoms with Gasteiger partial charge in [0.15, 0.2) is 0 Å². The van der Waals surface area contributed by atoms with Crippen molar-refractivity contribution in [3.8, 4) is 0 Å². The highest BCUT2D eigenvalue weighted by atomic mass is 16.2. The fourth-order valence-corrected chi connectivity index (χ4v) is 3.52. The molecule has 3 rings (SSSR count). The maximum absolute atomic E-state index is 12.3. The van der Waals surface area contributed by atoms with Crippen LogP contribution < -0.4 is 10.6 Å². The van der Waals surface area contributed by atoms with Crippen molar-refractivity contribution in [1.82, 2.24) is 15.5 Å². The molecule has 0 aromatic heterocycles. The third kappa shape index (κ3) is 4.23. The van der Waals surface area contributed by atoms with Crippen LogP contribution in [0.25, 0.3) is 0 Å². The number of rotatable bonds is 3. The van der Waals surface area contributed by atoms with Gasteiger partial charge in [-0.05, 0) is 56.7 Å². The Morgan fingerprint density at radius 1 is 1.09 bits per heavy atom. The summed E-state index contributed by atoms with van der Waals surface area (Å²) < 4.78 is 0. The van der Waals surface area contributed by atoms with E-state index in [1.165, 1.54) is 5.56 Å². The molecule has 0 spiro atoms. The fourth-order valence-electron chi connectivity index (χ4n) is 3.52. The molecule has 2 N–H and O–H groups in total. The predicted molar refractivity (Wildman–Crippen MR) is 88.9 cm³/mol. The summed E-state index contributed by atoms with van der Waals surface area (Å²) >= 11 is 0. The van der Waals surface area contributed by atoms with Crippen LogP contribution >= 0.6 is 0 Å². The minimum atomic E-state index is 0.144. The Bertz CT molecular complexity index is 462. The highest BCUT2D eigenvalue weighted by Crippen LogP contribution is 2.21. The number of nitrogens with one attached hydrogen (secondary N) is 2. The van der Waals surface area contributed by atoms with Gasteiger partial charge in [-0.3, -0.25) is 0 Å². The topological polar surface area (TPSA) is 44.4 Å². The molecular weight excluding hydrogens is 274 g/mol. The normalized spacial score (nSPS) is 20.8. The SMILES string of the molecule is O=C(NC1CCNCC1)N1CCC(Cc2ccccc2)CC1. The zero-order valence-electron chi connectivity index (χ0n) is 13.3. The van der Waals surface area contributed by atoms with Gasteiger partial charge in [-0.25, -0.2) is 4.79 Å². The van der Waals surface area contributed by atoms with Crippen molar-refractivity contribution in [1.29, 1.82) is 0 Å². The third-order valence-electron chi connectivity index (χ3n) is 4.94. The first-order chi connectivity index (χ1) is 10.8. The number of likely N-dealkylation sites (tertiary alicyclic amines) is 1. The summed E-state index contributed by atoms with van der Waals surface area (Å²) in [6, 6.07) is 11.2. The van der Waals surface area contributed by atoms with Crippen molar-refractivity contribution in [3.05, 3.63) is 35.9 Å². The number of carbonyl (C=O) groups is 1. The quantitative estimate of drug-likeness (QED) is 0.900. The smallest absolute Gasteiger partial charge is 0.317 e. The number of piperidine rings is 2. The molecule has 4 nitrogen and oxygen atoms in total. The van der Waals surface area contributed by atoms with Crippen LogP contribution in [0.3, 0.4) is 0 Å². The first-order valence-corrected chi connectivity index (χ1v) is 8.61. The van der Waals surface area contributed by atoms with Gasteiger partial charge in [-0.2, -0.15) is 0 Å². The molecule has 2 saturated heterocycles. The fraction of sp³-hybridized carbons (Fsp3) is 0.611. The number of carbonyl (C=O) groups excluding carboxylic acids is 1. The summed E-state index contributed by atoms with van der Waals surface area (Å²) in [6.07, 6.45) is 5.49. The molecule has 0 saturated carbocycles. The van der Waals surface area contributed by atoms with E-state index in [1.54, 1.807) is 0 Å². The second-order valence-corrected chi connectivity index (χ2v) is 6.59. The highest BCUT2D eigenvalue weighted by Gasteiger charge is 2.24. The number of nitrogens with zero attached hydrogens (tertiary/aromatic N) is 1. The molecule has 0 aliphatic carbocycles. The Morgan fingerprint density at radius 3 is 2.45 bits per heavy atom. The lowest BCUT2D eigenvalue weighted by molar-refractivity contribution is 0.165. The van der Waals surface area contributed by atoms with E-state index in [4.69, 9.17) is 0 Å². The van der Waals surface area contributed by atoms with E-state index < -0.39 is 0 Å². The van der Waals surface area contributed by atoms with E-state index in [9.17, 15) is 4.79 Å². The molecule has 2 amide bonds. The van der Waals surface area contributed by atoms with Crippen molar-refractivity contribution >= 4 is 6.03 Å². The van der Waals surface area contributed by atoms with Crippen molar-refractivity contribution in [3.63, 3.8) is 0 Å². The maximum atomic E-state index is 12.3. The molecule has 0 bridgehead atoms. The molecule has 1 aromatic carbocycles. The second-order valence-electron chi connectivity index (χ2n) is 6.59. The Morgan fingerprint density at radius 2 is 1.77 bits per heavy atom. The van der Waals surface area contributed by atoms with E-state index in [0.29, 0.717) is 12.0 Å². The lowest BCUT2D eigenvalue weighted by Crippen LogP contribution is -2.50. The van der Waals surface area contributed by atoms with E-state index >= 15 is 0 Å². The predicted octanol–water partition coefficient (Wildman–Crippen LogP) is 2.40. The summed E-state index contributed by atoms with van der Waals surface area (Å²) in [5.41, 5.74) is 1.42. The molecule has 4 heteroatoms. The van der Waals surface area contributed by atoms with Gasteiger partial charge in [0.25, 0.3) is 0 Å². The highest BCUT2D eigenvalue weighted by molar-refractivity contribution is 5.74. The van der Waals surface area contributed by atoms with Crippen LogP contribution in [0.5, 0.6) is 0 Å². The minimum Gasteiger partial charge on any atom is -0.335 e. The van der Waals surface area contributed by atoms with E-state index in [0.717, 1.165) is 58.3 Å². The molecule has 0 radical (unpaired) electrons. The Balaban J connectivity index is 1.42. The van der Waals surface area contributed by atoms with Gasteiger partial charge in [0.1, 0.15) is 0 Å². The van der Waals surface area contributed by atoms with Gasteiger partial charge in [0, 0.05) is 19.1 Å². The van der Waals surface area contributed by atoms with Crippen LogP contribution in [0.2, 0.25) is 0 Å². The molecule has 2 fully saturated rings. The monoisotopic (exact) mass is 301 g/mol. The summed E-state index contributed by atoms with van der Waals surface area (Å²) in [5.74, 6) is 0.713. The summed E-state index contributed by atoms with van der Waals surface area (Å²) in [7, 11) is 0. The van der Waals surface area contributed by atoms with E-state index in [-0.39, 0.29) is 6.03 Å². The zero-order chi connectivity index (χ0) is 15.2. The minimum absolute atomic E-state index is 0.144. The Hall–Kier alpha value is -1.55. The Labute approximate surface area is 133 Å². The second kappa shape index (κ2) is 7.63. The molecule has 2 heterocycles. The van der Waals surface area contributed by atoms with Gasteiger partial charge in [-0.1, -0.05) is 30.3 Å². The summed E-state index contributed by atoms with van der Waals surface area (Å²) in [4.78, 5) is 14.3. The average Bonchev–Trinajstić information content (AvgIpc) is 2.57. The number of benzene rings is 1. The van der Waals surface area contributed by atoms with Crippen LogP contribution in [0.1, 0.15) is 31.2 Å². The van der Waals surface area contributed by atoms with Crippen molar-refractivity contribution in [2.75, 3.05) is 26.2 Å². The lowest BCUT2D eigenvalue weighted by Gasteiger charge is -2.34. The molecule has 2 aliphatic rings. The number of hydrogen-bond donors (Lipinski definition) is 2. The van der Waals surface area contributed by atoms with Crippen LogP contribution in [-0.2, 0) is 6.42 Å². The molecule has 1 aromatic rings. The van der Waals surface area contributed by atoms with Crippen molar-refractivity contribution < 1.29 is 4.79 Å². The number of urea groups is 1. The molecular formula is C18H27N3O. The van der Waals surface area contributed by atoms with Gasteiger partial charge in [0.2, 0.25) is 0 Å². The Kier molecular flexibility index (Phi) is 5.33. The first-order valence-electron chi connectivity index (χ1n) is 8.61. The first kappa shape index (κ1) is 15.3. The summed E-state index contributed by atoms with van der Waals surface area (Å²) in [6.45, 7) is 3.83. The maximum Gasteiger partial charge on any atom is 0.317 e. The van der Waals surface area contributed by atoms with Gasteiger partial charge < -0.3 is 15.5 Å². The van der Waals surface area contributed by atoms with Crippen LogP contribution in [0.4, 0.5) is 4.79 Å². The van der Waals surface area contributed by atoms with Crippen LogP contribution in [0, 0.1) is 5.92 Å². The third-order valence-corrected chi connectivity index (χ3v) is 4.94. The van der Waals surface area contributed by atoms with Crippen molar-refractivity contribution in [2.24, 2.45) is 5.92 Å². The van der Waals surface area contributed by atoms with Crippen LogP contribution in [0.15, 0.2) is 30.3 Å². The molecule has 0 unspecified atom stereocenters. The largest absolute Gasteiger partial charge is 0.335 e. The zero-order valence-corrected chi connectivity index (χ0v) is 13.3. The summed E-state index contributed by atoms with van der Waals surface area (Å²) in [5, 5.41) is 6.53. The molecule has 2 aliphatic heterocycles. The lowest BCUT2D eigenvalue weighted by atomic mass is 9.90. The number of amides is 2. The number of hydrogen-bond acceptors (Lipinski definition) is 2. The average molecular weight is 301 g/mol. The van der Waals surface area contributed by atoms with Gasteiger partial charge in [0.05, 0.1) is 0 Å². The van der Waals surface area contributed by atoms with Crippen LogP contribution in [-0.4, -0.2) is 43.2 Å². The molecule has 22 heavy (non-hydrogen) atoms. The van der Waals surface area contributed by atoms with E-state index in [1.807, 2.05) is 4.90 Å². The van der Waals surface area contributed by atoms with Crippen molar-refractivity contribution in [2.45, 2.75) is 38.1 Å². The van der Waals surface area contributed by atoms with E-state index in [2.05, 4.69) is 41.0 Å².